The number of hydrogen-bond acceptors (Lipinski definition) is 4. The van der Waals surface area contributed by atoms with Gasteiger partial charge in [-0.15, -0.1) is 0 Å². The summed E-state index contributed by atoms with van der Waals surface area (Å²) >= 11 is 0. The van der Waals surface area contributed by atoms with E-state index in [0.29, 0.717) is 12.5 Å². The average Bonchev–Trinajstić information content (AvgIpc) is 2.79. The van der Waals surface area contributed by atoms with Crippen LogP contribution >= 0.6 is 0 Å². The highest BCUT2D eigenvalue weighted by Crippen LogP contribution is 2.30. The van der Waals surface area contributed by atoms with Crippen LogP contribution in [0.1, 0.15) is 107 Å². The van der Waals surface area contributed by atoms with E-state index in [4.69, 9.17) is 4.74 Å². The number of benzene rings is 1. The van der Waals surface area contributed by atoms with E-state index in [9.17, 15) is 5.21 Å². The molecular formula is C27H42N2O2. The van der Waals surface area contributed by atoms with E-state index in [1.165, 1.54) is 74.8 Å². The first-order valence-corrected chi connectivity index (χ1v) is 12.2. The van der Waals surface area contributed by atoms with Gasteiger partial charge in [-0.3, -0.25) is 4.98 Å². The number of aromatic nitrogens is 1. The van der Waals surface area contributed by atoms with Crippen molar-refractivity contribution in [3.8, 4) is 0 Å². The predicted molar refractivity (Wildman–Crippen MR) is 128 cm³/mol. The van der Waals surface area contributed by atoms with Gasteiger partial charge in [-0.25, -0.2) is 0 Å². The summed E-state index contributed by atoms with van der Waals surface area (Å²) in [5.74, 6) is 0.550. The van der Waals surface area contributed by atoms with E-state index in [1.807, 2.05) is 36.5 Å². The van der Waals surface area contributed by atoms with Gasteiger partial charge in [-0.05, 0) is 42.0 Å². The molecule has 2 atom stereocenters. The molecule has 172 valence electrons. The summed E-state index contributed by atoms with van der Waals surface area (Å²) in [5, 5.41) is 11.9. The first-order valence-electron chi connectivity index (χ1n) is 12.2. The average molecular weight is 427 g/mol. The molecule has 0 aliphatic rings. The van der Waals surface area contributed by atoms with Crippen molar-refractivity contribution in [1.29, 1.82) is 0 Å². The molecule has 1 aromatic carbocycles. The van der Waals surface area contributed by atoms with Gasteiger partial charge in [0, 0.05) is 13.3 Å². The molecule has 0 amide bonds. The fourth-order valence-corrected chi connectivity index (χ4v) is 4.22. The van der Waals surface area contributed by atoms with Crippen LogP contribution in [0.25, 0.3) is 0 Å². The second-order valence-electron chi connectivity index (χ2n) is 8.58. The molecule has 0 bridgehead atoms. The fraction of sp³-hybridized carbons (Fsp3) is 0.593. The van der Waals surface area contributed by atoms with Gasteiger partial charge in [-0.2, -0.15) is 5.06 Å². The Labute approximate surface area is 189 Å². The minimum Gasteiger partial charge on any atom is -0.358 e. The van der Waals surface area contributed by atoms with Crippen molar-refractivity contribution in [2.75, 3.05) is 7.11 Å². The topological polar surface area (TPSA) is 45.6 Å². The number of nitrogens with zero attached hydrogens (tertiary/aromatic N) is 2. The molecule has 31 heavy (non-hydrogen) atoms. The third kappa shape index (κ3) is 9.10. The lowest BCUT2D eigenvalue weighted by atomic mass is 9.88. The Morgan fingerprint density at radius 3 is 2.23 bits per heavy atom. The molecule has 0 fully saturated rings. The van der Waals surface area contributed by atoms with Crippen LogP contribution in [0.4, 0.5) is 0 Å². The molecule has 4 heteroatoms. The van der Waals surface area contributed by atoms with E-state index < -0.39 is 6.23 Å². The highest BCUT2D eigenvalue weighted by atomic mass is 16.6. The molecule has 0 spiro atoms. The zero-order valence-corrected chi connectivity index (χ0v) is 19.8. The van der Waals surface area contributed by atoms with Crippen LogP contribution in [0.2, 0.25) is 0 Å². The van der Waals surface area contributed by atoms with Gasteiger partial charge >= 0.3 is 0 Å². The van der Waals surface area contributed by atoms with Crippen molar-refractivity contribution >= 4 is 0 Å². The molecular weight excluding hydrogens is 384 g/mol. The van der Waals surface area contributed by atoms with Crippen molar-refractivity contribution in [3.05, 3.63) is 65.5 Å². The van der Waals surface area contributed by atoms with Gasteiger partial charge in [0.25, 0.3) is 0 Å². The summed E-state index contributed by atoms with van der Waals surface area (Å²) in [6, 6.07) is 14.2. The zero-order chi connectivity index (χ0) is 22.3. The maximum Gasteiger partial charge on any atom is 0.175 e. The van der Waals surface area contributed by atoms with Crippen LogP contribution in [0.5, 0.6) is 0 Å². The predicted octanol–water partition coefficient (Wildman–Crippen LogP) is 7.64. The number of methoxy groups -OCH3 is 1. The minimum atomic E-state index is -0.582. The summed E-state index contributed by atoms with van der Waals surface area (Å²) in [5.41, 5.74) is 3.13. The van der Waals surface area contributed by atoms with Crippen molar-refractivity contribution in [3.63, 3.8) is 0 Å². The quantitative estimate of drug-likeness (QED) is 0.170. The van der Waals surface area contributed by atoms with Crippen molar-refractivity contribution in [1.82, 2.24) is 10.0 Å². The molecule has 2 rings (SSSR count). The number of pyridine rings is 1. The molecule has 0 aliphatic carbocycles. The highest BCUT2D eigenvalue weighted by molar-refractivity contribution is 5.22. The normalized spacial score (nSPS) is 13.5. The Bertz CT molecular complexity index is 707. The van der Waals surface area contributed by atoms with Crippen LogP contribution in [-0.2, 0) is 11.3 Å². The van der Waals surface area contributed by atoms with Crippen LogP contribution in [-0.4, -0.2) is 22.4 Å². The van der Waals surface area contributed by atoms with Crippen LogP contribution in [0.15, 0.2) is 48.7 Å². The number of unbranched alkanes of at least 4 members (excludes halogenated alkanes) is 6. The molecule has 2 unspecified atom stereocenters. The largest absolute Gasteiger partial charge is 0.358 e. The molecule has 2 aromatic rings. The number of ether oxygens (including phenoxy) is 1. The van der Waals surface area contributed by atoms with Gasteiger partial charge in [0.2, 0.25) is 0 Å². The molecule has 0 aliphatic heterocycles. The molecule has 1 N–H and O–H groups in total. The van der Waals surface area contributed by atoms with E-state index in [0.717, 1.165) is 11.3 Å². The van der Waals surface area contributed by atoms with Gasteiger partial charge < -0.3 is 9.94 Å². The standard InChI is InChI=1S/C27H42N2O2/c1-4-6-8-9-14-18-24(17-11-7-5-2)25-19-20-28-26(21-25)27(31-3)29(30)22-23-15-12-10-13-16-23/h10,12-13,15-16,19-21,24,27,30H,4-9,11,14,17-18,22H2,1-3H3. The smallest absolute Gasteiger partial charge is 0.175 e. The van der Waals surface area contributed by atoms with Crippen molar-refractivity contribution < 1.29 is 9.94 Å². The number of hydrogen-bond donors (Lipinski definition) is 1. The Morgan fingerprint density at radius 1 is 0.903 bits per heavy atom. The SMILES string of the molecule is CCCCCCCC(CCCCC)c1ccnc(C(OC)N(O)Cc2ccccc2)c1. The molecule has 1 heterocycles. The molecule has 0 radical (unpaired) electrons. The third-order valence-electron chi connectivity index (χ3n) is 6.02. The third-order valence-corrected chi connectivity index (χ3v) is 6.02. The van der Waals surface area contributed by atoms with Crippen LogP contribution in [0, 0.1) is 0 Å². The lowest BCUT2D eigenvalue weighted by Crippen LogP contribution is -2.27. The second kappa shape index (κ2) is 15.1. The Morgan fingerprint density at radius 2 is 1.55 bits per heavy atom. The van der Waals surface area contributed by atoms with Gasteiger partial charge in [0.05, 0.1) is 12.2 Å². The maximum absolute atomic E-state index is 10.7. The fourth-order valence-electron chi connectivity index (χ4n) is 4.22. The van der Waals surface area contributed by atoms with E-state index in [2.05, 4.69) is 31.0 Å². The monoisotopic (exact) mass is 426 g/mol. The summed E-state index contributed by atoms with van der Waals surface area (Å²) in [6.07, 6.45) is 14.1. The van der Waals surface area contributed by atoms with E-state index >= 15 is 0 Å². The molecule has 1 aromatic heterocycles. The summed E-state index contributed by atoms with van der Waals surface area (Å²) in [4.78, 5) is 4.55. The Hall–Kier alpha value is -1.75. The number of hydroxylamine groups is 2. The first kappa shape index (κ1) is 25.5. The van der Waals surface area contributed by atoms with Crippen molar-refractivity contribution in [2.24, 2.45) is 0 Å². The first-order chi connectivity index (χ1) is 15.2. The Kier molecular flexibility index (Phi) is 12.4. The zero-order valence-electron chi connectivity index (χ0n) is 19.8. The second-order valence-corrected chi connectivity index (χ2v) is 8.58. The van der Waals surface area contributed by atoms with Gasteiger partial charge in [0.1, 0.15) is 0 Å². The summed E-state index contributed by atoms with van der Waals surface area (Å²) in [6.45, 7) is 4.92. The summed E-state index contributed by atoms with van der Waals surface area (Å²) in [7, 11) is 1.62. The maximum atomic E-state index is 10.7. The van der Waals surface area contributed by atoms with Gasteiger partial charge in [0.15, 0.2) is 6.23 Å². The summed E-state index contributed by atoms with van der Waals surface area (Å²) < 4.78 is 5.64. The van der Waals surface area contributed by atoms with E-state index in [-0.39, 0.29) is 0 Å². The number of rotatable bonds is 16. The van der Waals surface area contributed by atoms with Crippen molar-refractivity contribution in [2.45, 2.75) is 96.7 Å². The highest BCUT2D eigenvalue weighted by Gasteiger charge is 2.22. The minimum absolute atomic E-state index is 0.391. The molecule has 0 saturated carbocycles. The lowest BCUT2D eigenvalue weighted by molar-refractivity contribution is -0.219. The van der Waals surface area contributed by atoms with Crippen LogP contribution < -0.4 is 0 Å². The lowest BCUT2D eigenvalue weighted by Gasteiger charge is -2.25. The van der Waals surface area contributed by atoms with E-state index in [1.54, 1.807) is 7.11 Å². The van der Waals surface area contributed by atoms with Crippen LogP contribution in [0.3, 0.4) is 0 Å². The molecule has 4 nitrogen and oxygen atoms in total. The van der Waals surface area contributed by atoms with Gasteiger partial charge in [-0.1, -0.05) is 95.5 Å². The Balaban J connectivity index is 2.09. The molecule has 0 saturated heterocycles.